The van der Waals surface area contributed by atoms with E-state index >= 15 is 0 Å². The number of alkyl halides is 3. The van der Waals surface area contributed by atoms with Gasteiger partial charge in [0.2, 0.25) is 0 Å². The molecule has 1 nitrogen and oxygen atoms in total. The summed E-state index contributed by atoms with van der Waals surface area (Å²) in [4.78, 5) is 3.93. The van der Waals surface area contributed by atoms with Gasteiger partial charge in [-0.25, -0.2) is 4.39 Å². The first-order valence-electron chi connectivity index (χ1n) is 4.43. The summed E-state index contributed by atoms with van der Waals surface area (Å²) >= 11 is 0. The minimum absolute atomic E-state index is 0.294. The normalized spacial score (nSPS) is 11.9. The van der Waals surface area contributed by atoms with Crippen LogP contribution in [0.25, 0.3) is 10.9 Å². The number of rotatable bonds is 2. The van der Waals surface area contributed by atoms with Gasteiger partial charge in [-0.3, -0.25) is 4.98 Å². The maximum Gasteiger partial charge on any atom is 0.301 e. The third kappa shape index (κ3) is 1.67. The van der Waals surface area contributed by atoms with E-state index in [1.807, 2.05) is 0 Å². The minimum Gasteiger partial charge on any atom is -0.256 e. The highest BCUT2D eigenvalue weighted by Gasteiger charge is 2.33. The summed E-state index contributed by atoms with van der Waals surface area (Å²) in [5.41, 5.74) is 0.138. The van der Waals surface area contributed by atoms with Crippen molar-refractivity contribution >= 4 is 10.9 Å². The van der Waals surface area contributed by atoms with Crippen molar-refractivity contribution in [3.8, 4) is 0 Å². The molecule has 1 heterocycles. The zero-order chi connectivity index (χ0) is 10.9. The van der Waals surface area contributed by atoms with E-state index in [0.29, 0.717) is 10.9 Å². The predicted octanol–water partition coefficient (Wildman–Crippen LogP) is 3.30. The Kier molecular flexibility index (Phi) is 2.34. The largest absolute Gasteiger partial charge is 0.301 e. The van der Waals surface area contributed by atoms with Crippen molar-refractivity contribution < 1.29 is 13.2 Å². The molecule has 0 saturated heterocycles. The molecule has 0 radical (unpaired) electrons. The number of para-hydroxylation sites is 1. The fraction of sp³-hybridized carbons (Fsp3) is 0.182. The standard InChI is InChI=1S/C11H8F3N/c12-7-11(13,14)9-5-6-15-10-4-2-1-3-8(9)10/h1-6H,7H2. The molecule has 0 aliphatic carbocycles. The average molecular weight is 211 g/mol. The monoisotopic (exact) mass is 211 g/mol. The molecule has 78 valence electrons. The van der Waals surface area contributed by atoms with Gasteiger partial charge in [-0.15, -0.1) is 0 Å². The van der Waals surface area contributed by atoms with Crippen LogP contribution < -0.4 is 0 Å². The van der Waals surface area contributed by atoms with Gasteiger partial charge in [0.15, 0.2) is 6.67 Å². The summed E-state index contributed by atoms with van der Waals surface area (Å²) in [6, 6.07) is 7.62. The third-order valence-electron chi connectivity index (χ3n) is 2.21. The summed E-state index contributed by atoms with van der Waals surface area (Å²) < 4.78 is 38.6. The molecule has 0 fully saturated rings. The van der Waals surface area contributed by atoms with Gasteiger partial charge in [-0.2, -0.15) is 8.78 Å². The van der Waals surface area contributed by atoms with E-state index in [-0.39, 0.29) is 5.56 Å². The molecule has 0 unspecified atom stereocenters. The van der Waals surface area contributed by atoms with E-state index in [9.17, 15) is 13.2 Å². The van der Waals surface area contributed by atoms with Crippen molar-refractivity contribution in [3.05, 3.63) is 42.1 Å². The zero-order valence-corrected chi connectivity index (χ0v) is 7.75. The molecule has 4 heteroatoms. The highest BCUT2D eigenvalue weighted by molar-refractivity contribution is 5.82. The molecular formula is C11H8F3N. The summed E-state index contributed by atoms with van der Waals surface area (Å²) in [6.45, 7) is -1.69. The molecule has 15 heavy (non-hydrogen) atoms. The Morgan fingerprint density at radius 1 is 1.13 bits per heavy atom. The maximum atomic E-state index is 13.2. The Morgan fingerprint density at radius 2 is 1.87 bits per heavy atom. The third-order valence-corrected chi connectivity index (χ3v) is 2.21. The Balaban J connectivity index is 2.71. The number of pyridine rings is 1. The molecule has 0 aliphatic heterocycles. The molecule has 0 amide bonds. The van der Waals surface area contributed by atoms with Gasteiger partial charge in [0.1, 0.15) is 0 Å². The van der Waals surface area contributed by atoms with E-state index in [2.05, 4.69) is 4.98 Å². The lowest BCUT2D eigenvalue weighted by Crippen LogP contribution is -2.16. The lowest BCUT2D eigenvalue weighted by Gasteiger charge is -2.14. The Bertz CT molecular complexity index is 477. The molecule has 1 aromatic carbocycles. The fourth-order valence-electron chi connectivity index (χ4n) is 1.49. The van der Waals surface area contributed by atoms with Crippen LogP contribution in [-0.4, -0.2) is 11.7 Å². The first-order chi connectivity index (χ1) is 7.15. The van der Waals surface area contributed by atoms with Gasteiger partial charge >= 0.3 is 5.92 Å². The molecule has 0 spiro atoms. The zero-order valence-electron chi connectivity index (χ0n) is 7.75. The van der Waals surface area contributed by atoms with Crippen molar-refractivity contribution in [1.29, 1.82) is 0 Å². The van der Waals surface area contributed by atoms with Crippen molar-refractivity contribution in [2.24, 2.45) is 0 Å². The molecular weight excluding hydrogens is 203 g/mol. The Labute approximate surface area is 84.6 Å². The van der Waals surface area contributed by atoms with Crippen LogP contribution in [0.4, 0.5) is 13.2 Å². The quantitative estimate of drug-likeness (QED) is 0.742. The van der Waals surface area contributed by atoms with Crippen LogP contribution in [-0.2, 0) is 5.92 Å². The van der Waals surface area contributed by atoms with E-state index in [1.165, 1.54) is 12.3 Å². The smallest absolute Gasteiger partial charge is 0.256 e. The summed E-state index contributed by atoms with van der Waals surface area (Å²) in [5, 5.41) is 0.294. The Hall–Kier alpha value is -1.58. The number of aromatic nitrogens is 1. The van der Waals surface area contributed by atoms with Crippen molar-refractivity contribution in [3.63, 3.8) is 0 Å². The molecule has 0 saturated carbocycles. The number of fused-ring (bicyclic) bond motifs is 1. The van der Waals surface area contributed by atoms with Gasteiger partial charge in [-0.05, 0) is 12.1 Å². The van der Waals surface area contributed by atoms with Crippen molar-refractivity contribution in [2.75, 3.05) is 6.67 Å². The second-order valence-electron chi connectivity index (χ2n) is 3.21. The van der Waals surface area contributed by atoms with Gasteiger partial charge < -0.3 is 0 Å². The molecule has 0 N–H and O–H groups in total. The first-order valence-corrected chi connectivity index (χ1v) is 4.43. The number of hydrogen-bond donors (Lipinski definition) is 0. The lowest BCUT2D eigenvalue weighted by molar-refractivity contribution is -0.0266. The molecule has 2 aromatic rings. The van der Waals surface area contributed by atoms with Crippen LogP contribution in [0.5, 0.6) is 0 Å². The van der Waals surface area contributed by atoms with Crippen LogP contribution in [0, 0.1) is 0 Å². The van der Waals surface area contributed by atoms with Gasteiger partial charge in [-0.1, -0.05) is 18.2 Å². The van der Waals surface area contributed by atoms with Crippen molar-refractivity contribution in [1.82, 2.24) is 4.98 Å². The topological polar surface area (TPSA) is 12.9 Å². The molecule has 0 bridgehead atoms. The van der Waals surface area contributed by atoms with Crippen LogP contribution in [0.2, 0.25) is 0 Å². The fourth-order valence-corrected chi connectivity index (χ4v) is 1.49. The number of nitrogens with zero attached hydrogens (tertiary/aromatic N) is 1. The lowest BCUT2D eigenvalue weighted by atomic mass is 10.0. The summed E-state index contributed by atoms with van der Waals surface area (Å²) in [5.74, 6) is -3.44. The summed E-state index contributed by atoms with van der Waals surface area (Å²) in [6.07, 6.45) is 1.27. The average Bonchev–Trinajstić information content (AvgIpc) is 2.28. The van der Waals surface area contributed by atoms with Crippen molar-refractivity contribution in [2.45, 2.75) is 5.92 Å². The predicted molar refractivity (Wildman–Crippen MR) is 51.6 cm³/mol. The van der Waals surface area contributed by atoms with Crippen LogP contribution in [0.15, 0.2) is 36.5 Å². The van der Waals surface area contributed by atoms with Gasteiger partial charge in [0.05, 0.1) is 5.52 Å². The minimum atomic E-state index is -3.44. The SMILES string of the molecule is FCC(F)(F)c1ccnc2ccccc12. The van der Waals surface area contributed by atoms with E-state index in [1.54, 1.807) is 18.2 Å². The molecule has 1 aromatic heterocycles. The maximum absolute atomic E-state index is 13.2. The number of halogens is 3. The van der Waals surface area contributed by atoms with Crippen LogP contribution >= 0.6 is 0 Å². The van der Waals surface area contributed by atoms with Gasteiger partial charge in [0, 0.05) is 17.1 Å². The Morgan fingerprint density at radius 3 is 2.60 bits per heavy atom. The van der Waals surface area contributed by atoms with Gasteiger partial charge in [0.25, 0.3) is 0 Å². The van der Waals surface area contributed by atoms with E-state index in [0.717, 1.165) is 6.07 Å². The first kappa shape index (κ1) is 9.96. The molecule has 2 rings (SSSR count). The van der Waals surface area contributed by atoms with Crippen LogP contribution in [0.3, 0.4) is 0 Å². The van der Waals surface area contributed by atoms with E-state index < -0.39 is 12.6 Å². The number of hydrogen-bond acceptors (Lipinski definition) is 1. The second-order valence-corrected chi connectivity index (χ2v) is 3.21. The molecule has 0 atom stereocenters. The highest BCUT2D eigenvalue weighted by Crippen LogP contribution is 2.32. The van der Waals surface area contributed by atoms with E-state index in [4.69, 9.17) is 0 Å². The molecule has 0 aliphatic rings. The summed E-state index contributed by atoms with van der Waals surface area (Å²) in [7, 11) is 0. The second kappa shape index (κ2) is 3.53. The number of benzene rings is 1. The van der Waals surface area contributed by atoms with Crippen LogP contribution in [0.1, 0.15) is 5.56 Å². The highest BCUT2D eigenvalue weighted by atomic mass is 19.3.